The maximum Gasteiger partial charge on any atom is 0.257 e. The van der Waals surface area contributed by atoms with Gasteiger partial charge in [0.25, 0.3) is 5.91 Å². The van der Waals surface area contributed by atoms with Crippen LogP contribution in [-0.4, -0.2) is 70.7 Å². The predicted molar refractivity (Wildman–Crippen MR) is 104 cm³/mol. The fourth-order valence-corrected chi connectivity index (χ4v) is 3.30. The lowest BCUT2D eigenvalue weighted by molar-refractivity contribution is -0.122. The largest absolute Gasteiger partial charge is 0.355 e. The number of carbonyl (C=O) groups excluding carboxylic acids is 2. The van der Waals surface area contributed by atoms with E-state index in [2.05, 4.69) is 15.3 Å². The molecule has 0 aliphatic carbocycles. The van der Waals surface area contributed by atoms with Gasteiger partial charge in [-0.2, -0.15) is 5.10 Å². The highest BCUT2D eigenvalue weighted by molar-refractivity contribution is 6.31. The molecule has 27 heavy (non-hydrogen) atoms. The molecule has 1 aliphatic rings. The second-order valence-corrected chi connectivity index (χ2v) is 6.95. The summed E-state index contributed by atoms with van der Waals surface area (Å²) in [5.74, 6) is -0.00352. The van der Waals surface area contributed by atoms with Gasteiger partial charge in [0.1, 0.15) is 0 Å². The molecule has 0 unspecified atom stereocenters. The Morgan fingerprint density at radius 2 is 1.93 bits per heavy atom. The number of carbonyl (C=O) groups is 2. The normalized spacial score (nSPS) is 15.0. The van der Waals surface area contributed by atoms with E-state index in [1.807, 2.05) is 36.1 Å². The summed E-state index contributed by atoms with van der Waals surface area (Å²) in [6, 6.07) is 7.60. The Kier molecular flexibility index (Phi) is 6.47. The molecule has 1 fully saturated rings. The van der Waals surface area contributed by atoms with Crippen LogP contribution in [0, 0.1) is 0 Å². The van der Waals surface area contributed by atoms with Crippen molar-refractivity contribution in [2.24, 2.45) is 0 Å². The van der Waals surface area contributed by atoms with Crippen molar-refractivity contribution < 1.29 is 9.59 Å². The Bertz CT molecular complexity index is 799. The molecule has 2 amide bonds. The van der Waals surface area contributed by atoms with Crippen molar-refractivity contribution in [1.82, 2.24) is 24.9 Å². The first-order valence-corrected chi connectivity index (χ1v) is 9.49. The average Bonchev–Trinajstić information content (AvgIpc) is 3.12. The number of aromatic nitrogens is 2. The Hall–Kier alpha value is -2.38. The van der Waals surface area contributed by atoms with Gasteiger partial charge in [-0.05, 0) is 18.6 Å². The minimum Gasteiger partial charge on any atom is -0.355 e. The summed E-state index contributed by atoms with van der Waals surface area (Å²) >= 11 is 6.19. The quantitative estimate of drug-likeness (QED) is 0.812. The zero-order valence-electron chi connectivity index (χ0n) is 15.4. The van der Waals surface area contributed by atoms with Gasteiger partial charge in [-0.3, -0.25) is 19.2 Å². The molecule has 1 aromatic carbocycles. The molecule has 2 heterocycles. The number of hydrogen-bond acceptors (Lipinski definition) is 4. The molecule has 3 rings (SSSR count). The van der Waals surface area contributed by atoms with Crippen molar-refractivity contribution in [3.05, 3.63) is 52.8 Å². The Labute approximate surface area is 163 Å². The van der Waals surface area contributed by atoms with Crippen LogP contribution in [0.1, 0.15) is 22.8 Å². The van der Waals surface area contributed by atoms with Gasteiger partial charge in [0, 0.05) is 43.9 Å². The molecule has 1 aliphatic heterocycles. The molecule has 2 aromatic rings. The summed E-state index contributed by atoms with van der Waals surface area (Å²) in [6.45, 7) is 6.03. The van der Waals surface area contributed by atoms with Gasteiger partial charge in [0.05, 0.1) is 24.8 Å². The summed E-state index contributed by atoms with van der Waals surface area (Å²) in [5, 5.41) is 7.77. The van der Waals surface area contributed by atoms with E-state index in [0.717, 1.165) is 5.56 Å². The number of rotatable bonds is 6. The molecule has 8 heteroatoms. The Morgan fingerprint density at radius 1 is 1.19 bits per heavy atom. The third-order valence-electron chi connectivity index (χ3n) is 4.57. The van der Waals surface area contributed by atoms with Crippen molar-refractivity contribution in [2.75, 3.05) is 39.3 Å². The smallest absolute Gasteiger partial charge is 0.257 e. The zero-order valence-corrected chi connectivity index (χ0v) is 16.2. The number of halogens is 1. The van der Waals surface area contributed by atoms with Crippen molar-refractivity contribution in [2.45, 2.75) is 13.5 Å². The number of likely N-dealkylation sites (N-methyl/N-ethyl adjacent to an activating group) is 1. The van der Waals surface area contributed by atoms with Gasteiger partial charge in [0.2, 0.25) is 5.91 Å². The van der Waals surface area contributed by atoms with Gasteiger partial charge in [-0.1, -0.05) is 29.8 Å². The van der Waals surface area contributed by atoms with Crippen molar-refractivity contribution >= 4 is 23.4 Å². The highest BCUT2D eigenvalue weighted by Gasteiger charge is 2.24. The van der Waals surface area contributed by atoms with Gasteiger partial charge in [-0.15, -0.1) is 0 Å². The first kappa shape index (κ1) is 19.4. The van der Waals surface area contributed by atoms with E-state index in [4.69, 9.17) is 11.6 Å². The van der Waals surface area contributed by atoms with E-state index in [-0.39, 0.29) is 11.8 Å². The van der Waals surface area contributed by atoms with Gasteiger partial charge in [-0.25, -0.2) is 0 Å². The molecule has 0 radical (unpaired) electrons. The number of benzene rings is 1. The molecular formula is C19H24ClN5O2. The molecule has 1 saturated heterocycles. The Morgan fingerprint density at radius 3 is 2.63 bits per heavy atom. The molecule has 0 bridgehead atoms. The van der Waals surface area contributed by atoms with E-state index in [9.17, 15) is 9.59 Å². The maximum atomic E-state index is 12.7. The van der Waals surface area contributed by atoms with Crippen LogP contribution >= 0.6 is 11.6 Å². The summed E-state index contributed by atoms with van der Waals surface area (Å²) in [4.78, 5) is 28.3. The van der Waals surface area contributed by atoms with E-state index < -0.39 is 0 Å². The summed E-state index contributed by atoms with van der Waals surface area (Å²) in [5.41, 5.74) is 1.53. The lowest BCUT2D eigenvalue weighted by atomic mass is 10.2. The maximum absolute atomic E-state index is 12.7. The van der Waals surface area contributed by atoms with Crippen molar-refractivity contribution in [1.29, 1.82) is 0 Å². The Balaban J connectivity index is 1.54. The fourth-order valence-electron chi connectivity index (χ4n) is 3.11. The lowest BCUT2D eigenvalue weighted by Crippen LogP contribution is -2.51. The number of nitrogens with zero attached hydrogens (tertiary/aromatic N) is 4. The van der Waals surface area contributed by atoms with Crippen molar-refractivity contribution in [3.63, 3.8) is 0 Å². The zero-order chi connectivity index (χ0) is 19.2. The fraction of sp³-hybridized carbons (Fsp3) is 0.421. The highest BCUT2D eigenvalue weighted by atomic mass is 35.5. The topological polar surface area (TPSA) is 70.5 Å². The molecule has 144 valence electrons. The van der Waals surface area contributed by atoms with Crippen LogP contribution < -0.4 is 5.32 Å². The second kappa shape index (κ2) is 9.01. The molecule has 7 nitrogen and oxygen atoms in total. The monoisotopic (exact) mass is 389 g/mol. The molecular weight excluding hydrogens is 366 g/mol. The predicted octanol–water partition coefficient (Wildman–Crippen LogP) is 1.48. The van der Waals surface area contributed by atoms with E-state index in [1.54, 1.807) is 17.1 Å². The second-order valence-electron chi connectivity index (χ2n) is 6.54. The van der Waals surface area contributed by atoms with Crippen LogP contribution in [0.5, 0.6) is 0 Å². The van der Waals surface area contributed by atoms with E-state index in [0.29, 0.717) is 56.4 Å². The third-order valence-corrected chi connectivity index (χ3v) is 4.94. The SMILES string of the molecule is CCNC(=O)CN1CCN(C(=O)c2cnn(Cc3ccccc3Cl)c2)CC1. The lowest BCUT2D eigenvalue weighted by Gasteiger charge is -2.34. The van der Waals surface area contributed by atoms with Crippen LogP contribution in [0.15, 0.2) is 36.7 Å². The molecule has 1 aromatic heterocycles. The number of nitrogens with one attached hydrogen (secondary N) is 1. The molecule has 1 N–H and O–H groups in total. The minimum atomic E-state index is -0.0296. The van der Waals surface area contributed by atoms with Gasteiger partial charge in [0.15, 0.2) is 0 Å². The average molecular weight is 390 g/mol. The summed E-state index contributed by atoms with van der Waals surface area (Å²) in [7, 11) is 0. The minimum absolute atomic E-state index is 0.0260. The molecule has 0 atom stereocenters. The number of amides is 2. The highest BCUT2D eigenvalue weighted by Crippen LogP contribution is 2.16. The third kappa shape index (κ3) is 5.08. The van der Waals surface area contributed by atoms with Crippen LogP contribution in [0.25, 0.3) is 0 Å². The van der Waals surface area contributed by atoms with Crippen LogP contribution in [-0.2, 0) is 11.3 Å². The van der Waals surface area contributed by atoms with Crippen molar-refractivity contribution in [3.8, 4) is 0 Å². The first-order chi connectivity index (χ1) is 13.1. The van der Waals surface area contributed by atoms with Gasteiger partial charge < -0.3 is 10.2 Å². The first-order valence-electron chi connectivity index (χ1n) is 9.11. The number of hydrogen-bond donors (Lipinski definition) is 1. The van der Waals surface area contributed by atoms with Crippen LogP contribution in [0.2, 0.25) is 5.02 Å². The summed E-state index contributed by atoms with van der Waals surface area (Å²) < 4.78 is 1.72. The number of piperazine rings is 1. The van der Waals surface area contributed by atoms with Gasteiger partial charge >= 0.3 is 0 Å². The summed E-state index contributed by atoms with van der Waals surface area (Å²) in [6.07, 6.45) is 3.35. The molecule has 0 spiro atoms. The molecule has 0 saturated carbocycles. The van der Waals surface area contributed by atoms with E-state index in [1.165, 1.54) is 0 Å². The van der Waals surface area contributed by atoms with Crippen LogP contribution in [0.4, 0.5) is 0 Å². The standard InChI is InChI=1S/C19H24ClN5O2/c1-2-21-18(26)14-23-7-9-24(10-8-23)19(27)16-11-22-25(13-16)12-15-5-3-4-6-17(15)20/h3-6,11,13H,2,7-10,12,14H2,1H3,(H,21,26). The van der Waals surface area contributed by atoms with Crippen LogP contribution in [0.3, 0.4) is 0 Å². The van der Waals surface area contributed by atoms with E-state index >= 15 is 0 Å².